The van der Waals surface area contributed by atoms with Crippen LogP contribution in [0.25, 0.3) is 0 Å². The molecule has 0 atom stereocenters. The van der Waals surface area contributed by atoms with E-state index < -0.39 is 0 Å². The van der Waals surface area contributed by atoms with Crippen molar-refractivity contribution in [3.63, 3.8) is 0 Å². The number of hydrogen-bond donors (Lipinski definition) is 0. The molecule has 222 valence electrons. The van der Waals surface area contributed by atoms with Crippen LogP contribution >= 0.6 is 0 Å². The Kier molecular flexibility index (Phi) is 20.9. The number of hydrogen-bond acceptors (Lipinski definition) is 0. The second kappa shape index (κ2) is 24.2. The van der Waals surface area contributed by atoms with E-state index in [1.807, 2.05) is 0 Å². The first-order valence-corrected chi connectivity index (χ1v) is 17.5. The van der Waals surface area contributed by atoms with Crippen molar-refractivity contribution in [2.45, 2.75) is 181 Å². The van der Waals surface area contributed by atoms with Crippen LogP contribution in [0.3, 0.4) is 0 Å². The Bertz CT molecular complexity index is 778. The van der Waals surface area contributed by atoms with Gasteiger partial charge in [0.05, 0.1) is 13.1 Å². The van der Waals surface area contributed by atoms with Crippen LogP contribution < -0.4 is 4.57 Å². The van der Waals surface area contributed by atoms with Crippen LogP contribution in [-0.4, -0.2) is 4.57 Å². The summed E-state index contributed by atoms with van der Waals surface area (Å²) in [6.45, 7) is 6.96. The molecule has 2 nitrogen and oxygen atoms in total. The quantitative estimate of drug-likeness (QED) is 0.0791. The van der Waals surface area contributed by atoms with Crippen molar-refractivity contribution >= 4 is 0 Å². The summed E-state index contributed by atoms with van der Waals surface area (Å²) in [5.74, 6) is 1.58. The van der Waals surface area contributed by atoms with Gasteiger partial charge in [-0.2, -0.15) is 0 Å². The second-order valence-electron chi connectivity index (χ2n) is 12.2. The first kappa shape index (κ1) is 33.6. The molecular formula is C37H65N2+. The Morgan fingerprint density at radius 3 is 1.54 bits per heavy atom. The summed E-state index contributed by atoms with van der Waals surface area (Å²) in [6.07, 6.45) is 38.2. The zero-order valence-corrected chi connectivity index (χ0v) is 26.3. The minimum Gasteiger partial charge on any atom is -0.234 e. The van der Waals surface area contributed by atoms with E-state index in [1.165, 1.54) is 166 Å². The lowest BCUT2D eigenvalue weighted by molar-refractivity contribution is -0.704. The largest absolute Gasteiger partial charge is 0.256 e. The van der Waals surface area contributed by atoms with Crippen molar-refractivity contribution in [1.82, 2.24) is 4.57 Å². The molecule has 0 amide bonds. The lowest BCUT2D eigenvalue weighted by Crippen LogP contribution is -2.37. The Labute approximate surface area is 244 Å². The molecular weight excluding hydrogens is 472 g/mol. The smallest absolute Gasteiger partial charge is 0.234 e. The van der Waals surface area contributed by atoms with Gasteiger partial charge >= 0.3 is 0 Å². The molecule has 0 radical (unpaired) electrons. The minimum atomic E-state index is 1.15. The maximum atomic E-state index is 2.60. The van der Waals surface area contributed by atoms with E-state index in [2.05, 4.69) is 65.7 Å². The van der Waals surface area contributed by atoms with Crippen LogP contribution in [0.15, 0.2) is 42.7 Å². The summed E-state index contributed by atoms with van der Waals surface area (Å²) in [4.78, 5) is 0. The van der Waals surface area contributed by atoms with E-state index in [0.717, 1.165) is 6.54 Å². The van der Waals surface area contributed by atoms with Gasteiger partial charge in [0.2, 0.25) is 0 Å². The van der Waals surface area contributed by atoms with Gasteiger partial charge in [-0.05, 0) is 37.7 Å². The third-order valence-corrected chi connectivity index (χ3v) is 8.55. The molecule has 0 aliphatic heterocycles. The first-order chi connectivity index (χ1) is 19.3. The number of benzene rings is 1. The van der Waals surface area contributed by atoms with E-state index in [9.17, 15) is 0 Å². The molecule has 0 unspecified atom stereocenters. The number of imidazole rings is 1. The van der Waals surface area contributed by atoms with Crippen molar-refractivity contribution in [3.05, 3.63) is 54.1 Å². The molecule has 2 rings (SSSR count). The van der Waals surface area contributed by atoms with Gasteiger partial charge in [0.25, 0.3) is 5.82 Å². The molecule has 0 N–H and O–H groups in total. The molecule has 2 heteroatoms. The standard InChI is InChI=1S/C37H65N2/c1-3-5-7-9-11-13-14-15-16-17-19-21-26-32-38-34-35-39(33-27-30-36-28-23-22-24-29-36)37(38)31-25-20-18-12-10-8-6-4-2/h22-24,28-29,34-35H,3-21,25-27,30-33H2,1-2H3/q+1. The molecule has 0 aliphatic carbocycles. The number of nitrogens with zero attached hydrogens (tertiary/aromatic N) is 2. The zero-order chi connectivity index (χ0) is 27.6. The zero-order valence-electron chi connectivity index (χ0n) is 26.3. The second-order valence-corrected chi connectivity index (χ2v) is 12.2. The van der Waals surface area contributed by atoms with Gasteiger partial charge in [0.15, 0.2) is 0 Å². The molecule has 0 aliphatic rings. The highest BCUT2D eigenvalue weighted by Crippen LogP contribution is 2.14. The monoisotopic (exact) mass is 538 g/mol. The lowest BCUT2D eigenvalue weighted by Gasteiger charge is -2.07. The first-order valence-electron chi connectivity index (χ1n) is 17.5. The maximum absolute atomic E-state index is 2.60. The van der Waals surface area contributed by atoms with E-state index >= 15 is 0 Å². The molecule has 0 bridgehead atoms. The van der Waals surface area contributed by atoms with Gasteiger partial charge in [-0.25, -0.2) is 9.13 Å². The van der Waals surface area contributed by atoms with Gasteiger partial charge in [0.1, 0.15) is 12.4 Å². The summed E-state index contributed by atoms with van der Waals surface area (Å²) in [5, 5.41) is 0. The van der Waals surface area contributed by atoms with Gasteiger partial charge in [-0.1, -0.05) is 160 Å². The molecule has 0 saturated heterocycles. The Morgan fingerprint density at radius 2 is 1.00 bits per heavy atom. The van der Waals surface area contributed by atoms with Crippen molar-refractivity contribution < 1.29 is 4.57 Å². The predicted molar refractivity (Wildman–Crippen MR) is 171 cm³/mol. The highest BCUT2D eigenvalue weighted by Gasteiger charge is 2.16. The van der Waals surface area contributed by atoms with E-state index in [-0.39, 0.29) is 0 Å². The van der Waals surface area contributed by atoms with Crippen LogP contribution in [0.1, 0.15) is 166 Å². The van der Waals surface area contributed by atoms with E-state index in [0.29, 0.717) is 0 Å². The summed E-state index contributed by atoms with van der Waals surface area (Å²) in [6, 6.07) is 11.0. The van der Waals surface area contributed by atoms with Gasteiger partial charge in [0, 0.05) is 6.42 Å². The van der Waals surface area contributed by atoms with E-state index in [4.69, 9.17) is 0 Å². The van der Waals surface area contributed by atoms with Crippen LogP contribution in [-0.2, 0) is 25.9 Å². The number of rotatable bonds is 27. The van der Waals surface area contributed by atoms with Crippen LogP contribution in [0.5, 0.6) is 0 Å². The normalized spacial score (nSPS) is 11.4. The summed E-state index contributed by atoms with van der Waals surface area (Å²) in [5.41, 5.74) is 1.47. The van der Waals surface area contributed by atoms with E-state index in [1.54, 1.807) is 5.82 Å². The third kappa shape index (κ3) is 17.0. The summed E-state index contributed by atoms with van der Waals surface area (Å²) >= 11 is 0. The van der Waals surface area contributed by atoms with Crippen molar-refractivity contribution in [2.75, 3.05) is 0 Å². The van der Waals surface area contributed by atoms with Crippen molar-refractivity contribution in [3.8, 4) is 0 Å². The lowest BCUT2D eigenvalue weighted by atomic mass is 10.0. The maximum Gasteiger partial charge on any atom is 0.256 e. The Balaban J connectivity index is 1.66. The van der Waals surface area contributed by atoms with Crippen LogP contribution in [0, 0.1) is 0 Å². The molecule has 1 aromatic heterocycles. The number of aromatic nitrogens is 2. The average Bonchev–Trinajstić information content (AvgIpc) is 3.34. The van der Waals surface area contributed by atoms with Crippen LogP contribution in [0.4, 0.5) is 0 Å². The molecule has 0 saturated carbocycles. The SMILES string of the molecule is CCCCCCCCCCCCCCCn1cc[n+](CCCc2ccccc2)c1CCCCCCCCCC. The van der Waals surface area contributed by atoms with Crippen molar-refractivity contribution in [2.24, 2.45) is 0 Å². The number of unbranched alkanes of at least 4 members (excludes halogenated alkanes) is 19. The summed E-state index contributed by atoms with van der Waals surface area (Å²) < 4.78 is 5.18. The third-order valence-electron chi connectivity index (χ3n) is 8.55. The van der Waals surface area contributed by atoms with Gasteiger partial charge < -0.3 is 0 Å². The molecule has 1 aromatic carbocycles. The minimum absolute atomic E-state index is 1.15. The molecule has 0 spiro atoms. The number of aryl methyl sites for hydroxylation is 3. The van der Waals surface area contributed by atoms with Gasteiger partial charge in [-0.3, -0.25) is 0 Å². The average molecular weight is 538 g/mol. The highest BCUT2D eigenvalue weighted by molar-refractivity contribution is 5.14. The highest BCUT2D eigenvalue weighted by atomic mass is 15.1. The van der Waals surface area contributed by atoms with Crippen LogP contribution in [0.2, 0.25) is 0 Å². The van der Waals surface area contributed by atoms with Crippen molar-refractivity contribution in [1.29, 1.82) is 0 Å². The molecule has 2 aromatic rings. The summed E-state index contributed by atoms with van der Waals surface area (Å²) in [7, 11) is 0. The predicted octanol–water partition coefficient (Wildman–Crippen LogP) is 11.2. The molecule has 39 heavy (non-hydrogen) atoms. The Morgan fingerprint density at radius 1 is 0.513 bits per heavy atom. The fourth-order valence-electron chi connectivity index (χ4n) is 6.01. The fourth-order valence-corrected chi connectivity index (χ4v) is 6.01. The molecule has 1 heterocycles. The topological polar surface area (TPSA) is 8.81 Å². The molecule has 0 fully saturated rings. The fraction of sp³-hybridized carbons (Fsp3) is 0.757. The van der Waals surface area contributed by atoms with Gasteiger partial charge in [-0.15, -0.1) is 0 Å². The Hall–Kier alpha value is -1.57.